The van der Waals surface area contributed by atoms with Crippen LogP contribution in [0.3, 0.4) is 0 Å². The minimum Gasteiger partial charge on any atom is -0.491 e. The molecule has 0 aromatic heterocycles. The van der Waals surface area contributed by atoms with Crippen LogP contribution in [0.1, 0.15) is 18.1 Å². The molecule has 7 heteroatoms. The maximum absolute atomic E-state index is 12.9. The Morgan fingerprint density at radius 1 is 1.15 bits per heavy atom. The van der Waals surface area contributed by atoms with Crippen LogP contribution in [0, 0.1) is 6.92 Å². The molecule has 1 N–H and O–H groups in total. The standard InChI is InChI=1S/C19H18Cl2N2O3/c1-12-5-3-4-6-16(12)26-10-9-23-17(24)19(2,22-18(23)25)14-8-7-13(20)11-15(14)21/h3-8,11H,9-10H2,1-2H3,(H,22,25). The highest BCUT2D eigenvalue weighted by Crippen LogP contribution is 2.34. The molecule has 0 aliphatic carbocycles. The Bertz CT molecular complexity index is 872. The topological polar surface area (TPSA) is 58.6 Å². The highest BCUT2D eigenvalue weighted by atomic mass is 35.5. The van der Waals surface area contributed by atoms with Crippen LogP contribution in [-0.4, -0.2) is 30.0 Å². The van der Waals surface area contributed by atoms with Crippen LogP contribution in [-0.2, 0) is 10.3 Å². The summed E-state index contributed by atoms with van der Waals surface area (Å²) >= 11 is 12.1. The van der Waals surface area contributed by atoms with Crippen LogP contribution in [0.25, 0.3) is 0 Å². The van der Waals surface area contributed by atoms with Crippen LogP contribution in [0.5, 0.6) is 5.75 Å². The van der Waals surface area contributed by atoms with Crippen molar-refractivity contribution in [2.24, 2.45) is 0 Å². The number of ether oxygens (including phenoxy) is 1. The number of carbonyl (C=O) groups excluding carboxylic acids is 2. The lowest BCUT2D eigenvalue weighted by Gasteiger charge is -2.23. The molecular formula is C19H18Cl2N2O3. The van der Waals surface area contributed by atoms with Crippen molar-refractivity contribution >= 4 is 35.1 Å². The van der Waals surface area contributed by atoms with E-state index >= 15 is 0 Å². The average molecular weight is 393 g/mol. The molecule has 1 fully saturated rings. The van der Waals surface area contributed by atoms with Gasteiger partial charge in [0.25, 0.3) is 5.91 Å². The summed E-state index contributed by atoms with van der Waals surface area (Å²) in [6.45, 7) is 3.90. The summed E-state index contributed by atoms with van der Waals surface area (Å²) in [6, 6.07) is 11.9. The zero-order valence-electron chi connectivity index (χ0n) is 14.4. The molecule has 3 amide bonds. The number of carbonyl (C=O) groups is 2. The highest BCUT2D eigenvalue weighted by molar-refractivity contribution is 6.35. The Balaban J connectivity index is 1.73. The summed E-state index contributed by atoms with van der Waals surface area (Å²) in [6.07, 6.45) is 0. The van der Waals surface area contributed by atoms with Gasteiger partial charge in [0.05, 0.1) is 6.54 Å². The smallest absolute Gasteiger partial charge is 0.325 e. The second-order valence-corrected chi connectivity index (χ2v) is 7.09. The number of amides is 3. The van der Waals surface area contributed by atoms with E-state index in [1.807, 2.05) is 31.2 Å². The summed E-state index contributed by atoms with van der Waals surface area (Å²) in [4.78, 5) is 26.4. The summed E-state index contributed by atoms with van der Waals surface area (Å²) in [5, 5.41) is 3.51. The van der Waals surface area contributed by atoms with Crippen molar-refractivity contribution in [1.29, 1.82) is 0 Å². The van der Waals surface area contributed by atoms with Gasteiger partial charge in [0.1, 0.15) is 17.9 Å². The number of para-hydroxylation sites is 1. The molecule has 1 heterocycles. The van der Waals surface area contributed by atoms with Gasteiger partial charge in [0.15, 0.2) is 0 Å². The number of nitrogens with zero attached hydrogens (tertiary/aromatic N) is 1. The van der Waals surface area contributed by atoms with E-state index in [-0.39, 0.29) is 19.1 Å². The van der Waals surface area contributed by atoms with Gasteiger partial charge in [-0.1, -0.05) is 47.5 Å². The molecule has 3 rings (SSSR count). The van der Waals surface area contributed by atoms with Gasteiger partial charge in [-0.25, -0.2) is 4.79 Å². The third-order valence-corrected chi connectivity index (χ3v) is 4.96. The van der Waals surface area contributed by atoms with Gasteiger partial charge in [0, 0.05) is 15.6 Å². The first-order chi connectivity index (χ1) is 12.3. The fourth-order valence-corrected chi connectivity index (χ4v) is 3.54. The number of nitrogens with one attached hydrogen (secondary N) is 1. The second kappa shape index (κ2) is 7.17. The maximum atomic E-state index is 12.9. The first-order valence-electron chi connectivity index (χ1n) is 8.11. The van der Waals surface area contributed by atoms with Crippen LogP contribution >= 0.6 is 23.2 Å². The summed E-state index contributed by atoms with van der Waals surface area (Å²) in [7, 11) is 0. The molecular weight excluding hydrogens is 375 g/mol. The van der Waals surface area contributed by atoms with E-state index in [0.29, 0.717) is 15.6 Å². The van der Waals surface area contributed by atoms with Crippen molar-refractivity contribution in [3.05, 3.63) is 63.6 Å². The Labute approximate surface area is 161 Å². The molecule has 26 heavy (non-hydrogen) atoms. The van der Waals surface area contributed by atoms with Crippen molar-refractivity contribution in [2.45, 2.75) is 19.4 Å². The van der Waals surface area contributed by atoms with Crippen LogP contribution in [0.15, 0.2) is 42.5 Å². The fraction of sp³-hybridized carbons (Fsp3) is 0.263. The molecule has 1 aliphatic heterocycles. The van der Waals surface area contributed by atoms with Crippen LogP contribution in [0.2, 0.25) is 10.0 Å². The van der Waals surface area contributed by atoms with E-state index in [2.05, 4.69) is 5.32 Å². The van der Waals surface area contributed by atoms with Crippen molar-refractivity contribution in [3.8, 4) is 5.75 Å². The Morgan fingerprint density at radius 3 is 2.58 bits per heavy atom. The first-order valence-corrected chi connectivity index (χ1v) is 8.86. The molecule has 1 atom stereocenters. The van der Waals surface area contributed by atoms with Gasteiger partial charge < -0.3 is 10.1 Å². The molecule has 2 aromatic carbocycles. The van der Waals surface area contributed by atoms with E-state index in [4.69, 9.17) is 27.9 Å². The molecule has 0 radical (unpaired) electrons. The highest BCUT2D eigenvalue weighted by Gasteiger charge is 2.49. The van der Waals surface area contributed by atoms with Crippen molar-refractivity contribution in [1.82, 2.24) is 10.2 Å². The van der Waals surface area contributed by atoms with Gasteiger partial charge in [-0.3, -0.25) is 9.69 Å². The zero-order chi connectivity index (χ0) is 18.9. The van der Waals surface area contributed by atoms with Crippen molar-refractivity contribution < 1.29 is 14.3 Å². The number of halogens is 2. The number of aryl methyl sites for hydroxylation is 1. The summed E-state index contributed by atoms with van der Waals surface area (Å²) in [5.74, 6) is 0.350. The molecule has 1 unspecified atom stereocenters. The second-order valence-electron chi connectivity index (χ2n) is 6.25. The molecule has 2 aromatic rings. The largest absolute Gasteiger partial charge is 0.491 e. The molecule has 5 nitrogen and oxygen atoms in total. The number of benzene rings is 2. The minimum absolute atomic E-state index is 0.139. The zero-order valence-corrected chi connectivity index (χ0v) is 15.9. The van der Waals surface area contributed by atoms with Crippen molar-refractivity contribution in [2.75, 3.05) is 13.2 Å². The minimum atomic E-state index is -1.23. The maximum Gasteiger partial charge on any atom is 0.325 e. The average Bonchev–Trinajstić information content (AvgIpc) is 2.80. The van der Waals surface area contributed by atoms with E-state index < -0.39 is 11.6 Å². The molecule has 1 aliphatic rings. The number of urea groups is 1. The normalized spacial score (nSPS) is 19.6. The molecule has 0 saturated carbocycles. The third kappa shape index (κ3) is 3.37. The predicted octanol–water partition coefficient (Wildman–Crippen LogP) is 4.15. The van der Waals surface area contributed by atoms with Gasteiger partial charge in [-0.15, -0.1) is 0 Å². The lowest BCUT2D eigenvalue weighted by molar-refractivity contribution is -0.131. The van der Waals surface area contributed by atoms with Gasteiger partial charge in [-0.2, -0.15) is 0 Å². The van der Waals surface area contributed by atoms with Crippen molar-refractivity contribution in [3.63, 3.8) is 0 Å². The van der Waals surface area contributed by atoms with Crippen LogP contribution < -0.4 is 10.1 Å². The van der Waals surface area contributed by atoms with E-state index in [0.717, 1.165) is 16.2 Å². The number of imide groups is 1. The SMILES string of the molecule is Cc1ccccc1OCCN1C(=O)NC(C)(c2ccc(Cl)cc2Cl)C1=O. The predicted molar refractivity (Wildman–Crippen MR) is 101 cm³/mol. The molecule has 0 spiro atoms. The van der Waals surface area contributed by atoms with Gasteiger partial charge in [0.2, 0.25) is 0 Å². The first kappa shape index (κ1) is 18.5. The summed E-state index contributed by atoms with van der Waals surface area (Å²) in [5.41, 5.74) is 0.258. The third-order valence-electron chi connectivity index (χ3n) is 4.41. The number of rotatable bonds is 5. The lowest BCUT2D eigenvalue weighted by atomic mass is 9.92. The van der Waals surface area contributed by atoms with E-state index in [1.54, 1.807) is 25.1 Å². The Hall–Kier alpha value is -2.24. The number of hydrogen-bond donors (Lipinski definition) is 1. The van der Waals surface area contributed by atoms with E-state index in [1.165, 1.54) is 0 Å². The quantitative estimate of drug-likeness (QED) is 0.777. The number of hydrogen-bond acceptors (Lipinski definition) is 3. The van der Waals surface area contributed by atoms with Crippen LogP contribution in [0.4, 0.5) is 4.79 Å². The fourth-order valence-electron chi connectivity index (χ4n) is 2.94. The lowest BCUT2D eigenvalue weighted by Crippen LogP contribution is -2.41. The molecule has 1 saturated heterocycles. The van der Waals surface area contributed by atoms with Gasteiger partial charge in [-0.05, 0) is 37.6 Å². The Kier molecular flexibility index (Phi) is 5.12. The summed E-state index contributed by atoms with van der Waals surface area (Å²) < 4.78 is 5.69. The Morgan fingerprint density at radius 2 is 1.88 bits per heavy atom. The molecule has 136 valence electrons. The van der Waals surface area contributed by atoms with E-state index in [9.17, 15) is 9.59 Å². The van der Waals surface area contributed by atoms with Gasteiger partial charge >= 0.3 is 6.03 Å². The molecule has 0 bridgehead atoms. The monoisotopic (exact) mass is 392 g/mol.